The molecule has 0 aliphatic heterocycles. The molecule has 0 saturated carbocycles. The SMILES string of the molecule is CC/C(=C(/c1ccc(OCCNC(=O)OC(C)(C)C)cc1)c1cccc(OCc2ccccc2)c1)c1ccccc1. The van der Waals surface area contributed by atoms with E-state index in [2.05, 4.69) is 72.9 Å². The highest BCUT2D eigenvalue weighted by molar-refractivity contribution is 5.98. The van der Waals surface area contributed by atoms with E-state index >= 15 is 0 Å². The van der Waals surface area contributed by atoms with Gasteiger partial charge >= 0.3 is 6.09 Å². The average Bonchev–Trinajstić information content (AvgIpc) is 2.98. The summed E-state index contributed by atoms with van der Waals surface area (Å²) in [5, 5.41) is 2.72. The Morgan fingerprint density at radius 1 is 0.707 bits per heavy atom. The number of carbonyl (C=O) groups is 1. The number of nitrogens with one attached hydrogen (secondary N) is 1. The van der Waals surface area contributed by atoms with Crippen LogP contribution in [0.3, 0.4) is 0 Å². The first-order valence-corrected chi connectivity index (χ1v) is 14.1. The average molecular weight is 550 g/mol. The first-order chi connectivity index (χ1) is 19.8. The Kier molecular flexibility index (Phi) is 10.2. The van der Waals surface area contributed by atoms with Crippen LogP contribution in [0.2, 0.25) is 0 Å². The van der Waals surface area contributed by atoms with E-state index in [4.69, 9.17) is 14.2 Å². The quantitative estimate of drug-likeness (QED) is 0.150. The van der Waals surface area contributed by atoms with Crippen LogP contribution in [0.5, 0.6) is 11.5 Å². The Morgan fingerprint density at radius 2 is 1.37 bits per heavy atom. The monoisotopic (exact) mass is 549 g/mol. The maximum atomic E-state index is 11.9. The molecule has 4 aromatic rings. The topological polar surface area (TPSA) is 56.8 Å². The lowest BCUT2D eigenvalue weighted by Crippen LogP contribution is -2.34. The highest BCUT2D eigenvalue weighted by Gasteiger charge is 2.16. The minimum atomic E-state index is -0.531. The third-order valence-electron chi connectivity index (χ3n) is 6.33. The summed E-state index contributed by atoms with van der Waals surface area (Å²) in [7, 11) is 0. The molecule has 4 aromatic carbocycles. The zero-order valence-electron chi connectivity index (χ0n) is 24.4. The van der Waals surface area contributed by atoms with Crippen molar-refractivity contribution in [1.29, 1.82) is 0 Å². The Balaban J connectivity index is 1.55. The first kappa shape index (κ1) is 29.5. The number of carbonyl (C=O) groups excluding carboxylic acids is 1. The zero-order chi connectivity index (χ0) is 29.1. The fraction of sp³-hybridized carbons (Fsp3) is 0.250. The van der Waals surface area contributed by atoms with Crippen molar-refractivity contribution in [2.24, 2.45) is 0 Å². The van der Waals surface area contributed by atoms with Crippen LogP contribution in [0.1, 0.15) is 56.4 Å². The van der Waals surface area contributed by atoms with E-state index in [9.17, 15) is 4.79 Å². The third-order valence-corrected chi connectivity index (χ3v) is 6.33. The van der Waals surface area contributed by atoms with Crippen LogP contribution in [-0.2, 0) is 11.3 Å². The maximum Gasteiger partial charge on any atom is 0.407 e. The third kappa shape index (κ3) is 9.00. The van der Waals surface area contributed by atoms with Gasteiger partial charge in [-0.05, 0) is 84.9 Å². The Labute approximate surface area is 243 Å². The highest BCUT2D eigenvalue weighted by atomic mass is 16.6. The van der Waals surface area contributed by atoms with Crippen molar-refractivity contribution in [3.8, 4) is 11.5 Å². The molecule has 0 bridgehead atoms. The molecule has 4 rings (SSSR count). The van der Waals surface area contributed by atoms with Crippen molar-refractivity contribution in [1.82, 2.24) is 5.32 Å². The smallest absolute Gasteiger partial charge is 0.407 e. The normalized spacial score (nSPS) is 11.8. The second-order valence-electron chi connectivity index (χ2n) is 10.7. The molecule has 0 unspecified atom stereocenters. The largest absolute Gasteiger partial charge is 0.492 e. The summed E-state index contributed by atoms with van der Waals surface area (Å²) in [6, 6.07) is 37.1. The molecule has 0 radical (unpaired) electrons. The first-order valence-electron chi connectivity index (χ1n) is 14.1. The predicted octanol–water partition coefficient (Wildman–Crippen LogP) is 8.54. The summed E-state index contributed by atoms with van der Waals surface area (Å²) >= 11 is 0. The number of hydrogen-bond acceptors (Lipinski definition) is 4. The number of amides is 1. The van der Waals surface area contributed by atoms with E-state index in [1.54, 1.807) is 0 Å². The maximum absolute atomic E-state index is 11.9. The molecular formula is C36H39NO4. The molecule has 41 heavy (non-hydrogen) atoms. The van der Waals surface area contributed by atoms with Gasteiger partial charge in [-0.3, -0.25) is 0 Å². The predicted molar refractivity (Wildman–Crippen MR) is 166 cm³/mol. The van der Waals surface area contributed by atoms with Crippen LogP contribution in [0.15, 0.2) is 109 Å². The number of hydrogen-bond donors (Lipinski definition) is 1. The lowest BCUT2D eigenvalue weighted by atomic mass is 9.88. The fourth-order valence-corrected chi connectivity index (χ4v) is 4.52. The van der Waals surface area contributed by atoms with Crippen LogP contribution in [0, 0.1) is 0 Å². The molecule has 1 N–H and O–H groups in total. The van der Waals surface area contributed by atoms with Crippen molar-refractivity contribution < 1.29 is 19.0 Å². The van der Waals surface area contributed by atoms with Crippen LogP contribution >= 0.6 is 0 Å². The van der Waals surface area contributed by atoms with Gasteiger partial charge in [0, 0.05) is 0 Å². The fourth-order valence-electron chi connectivity index (χ4n) is 4.52. The summed E-state index contributed by atoms with van der Waals surface area (Å²) < 4.78 is 17.3. The zero-order valence-corrected chi connectivity index (χ0v) is 24.4. The molecule has 0 aliphatic carbocycles. The lowest BCUT2D eigenvalue weighted by molar-refractivity contribution is 0.0520. The summed E-state index contributed by atoms with van der Waals surface area (Å²) in [4.78, 5) is 11.9. The van der Waals surface area contributed by atoms with Gasteiger partial charge < -0.3 is 19.5 Å². The number of rotatable bonds is 11. The van der Waals surface area contributed by atoms with Crippen LogP contribution in [0.4, 0.5) is 4.79 Å². The molecule has 5 heteroatoms. The van der Waals surface area contributed by atoms with Gasteiger partial charge in [0.05, 0.1) is 6.54 Å². The number of benzene rings is 4. The van der Waals surface area contributed by atoms with Gasteiger partial charge in [0.15, 0.2) is 0 Å². The number of ether oxygens (including phenoxy) is 3. The van der Waals surface area contributed by atoms with Gasteiger partial charge in [-0.25, -0.2) is 4.79 Å². The molecule has 1 amide bonds. The minimum absolute atomic E-state index is 0.340. The van der Waals surface area contributed by atoms with Crippen molar-refractivity contribution in [3.05, 3.63) is 131 Å². The van der Waals surface area contributed by atoms with Crippen molar-refractivity contribution in [2.75, 3.05) is 13.2 Å². The van der Waals surface area contributed by atoms with Gasteiger partial charge in [0.2, 0.25) is 0 Å². The van der Waals surface area contributed by atoms with Gasteiger partial charge in [-0.15, -0.1) is 0 Å². The van der Waals surface area contributed by atoms with E-state index in [0.717, 1.165) is 40.2 Å². The summed E-state index contributed by atoms with van der Waals surface area (Å²) in [5.41, 5.74) is 6.37. The second kappa shape index (κ2) is 14.2. The molecule has 0 spiro atoms. The van der Waals surface area contributed by atoms with Crippen molar-refractivity contribution in [3.63, 3.8) is 0 Å². The number of alkyl carbamates (subject to hydrolysis) is 1. The Bertz CT molecular complexity index is 1420. The van der Waals surface area contributed by atoms with Gasteiger partial charge in [0.1, 0.15) is 30.3 Å². The molecule has 212 valence electrons. The molecule has 0 aliphatic rings. The van der Waals surface area contributed by atoms with Crippen LogP contribution < -0.4 is 14.8 Å². The van der Waals surface area contributed by atoms with Crippen molar-refractivity contribution in [2.45, 2.75) is 46.3 Å². The van der Waals surface area contributed by atoms with Gasteiger partial charge in [0.25, 0.3) is 0 Å². The standard InChI is InChI=1S/C36H39NO4/c1-5-33(28-15-10-7-11-16-28)34(30-17-12-18-32(25-30)40-26-27-13-8-6-9-14-27)29-19-21-31(22-20-29)39-24-23-37-35(38)41-36(2,3)4/h6-22,25H,5,23-24,26H2,1-4H3,(H,37,38)/b34-33+. The van der Waals surface area contributed by atoms with E-state index < -0.39 is 11.7 Å². The Hall–Kier alpha value is -4.51. The summed E-state index contributed by atoms with van der Waals surface area (Å²) in [5.74, 6) is 1.56. The van der Waals surface area contributed by atoms with Crippen molar-refractivity contribution >= 4 is 17.2 Å². The van der Waals surface area contributed by atoms with E-state index in [1.165, 1.54) is 11.1 Å². The van der Waals surface area contributed by atoms with Crippen LogP contribution in [0.25, 0.3) is 11.1 Å². The summed E-state index contributed by atoms with van der Waals surface area (Å²) in [6.45, 7) is 8.90. The molecule has 0 heterocycles. The molecule has 0 saturated heterocycles. The highest BCUT2D eigenvalue weighted by Crippen LogP contribution is 2.36. The van der Waals surface area contributed by atoms with E-state index in [1.807, 2.05) is 69.3 Å². The molecule has 5 nitrogen and oxygen atoms in total. The van der Waals surface area contributed by atoms with Gasteiger partial charge in [-0.2, -0.15) is 0 Å². The van der Waals surface area contributed by atoms with Gasteiger partial charge in [-0.1, -0.05) is 91.9 Å². The lowest BCUT2D eigenvalue weighted by Gasteiger charge is -2.19. The van der Waals surface area contributed by atoms with Crippen LogP contribution in [-0.4, -0.2) is 24.8 Å². The second-order valence-corrected chi connectivity index (χ2v) is 10.7. The molecule has 0 atom stereocenters. The Morgan fingerprint density at radius 3 is 2.02 bits per heavy atom. The molecule has 0 aromatic heterocycles. The number of allylic oxidation sites excluding steroid dienone is 1. The molecular weight excluding hydrogens is 510 g/mol. The minimum Gasteiger partial charge on any atom is -0.492 e. The van der Waals surface area contributed by atoms with E-state index in [0.29, 0.717) is 19.8 Å². The summed E-state index contributed by atoms with van der Waals surface area (Å²) in [6.07, 6.45) is 0.414. The molecule has 0 fully saturated rings. The van der Waals surface area contributed by atoms with E-state index in [-0.39, 0.29) is 0 Å².